The van der Waals surface area contributed by atoms with Gasteiger partial charge in [0.15, 0.2) is 0 Å². The van der Waals surface area contributed by atoms with Gasteiger partial charge in [-0.2, -0.15) is 0 Å². The third-order valence-corrected chi connectivity index (χ3v) is 5.01. The lowest BCUT2D eigenvalue weighted by atomic mass is 10.0. The normalized spacial score (nSPS) is 30.2. The molecule has 2 heterocycles. The Morgan fingerprint density at radius 2 is 2.00 bits per heavy atom. The van der Waals surface area contributed by atoms with Gasteiger partial charge in [0.2, 0.25) is 11.8 Å². The lowest BCUT2D eigenvalue weighted by Gasteiger charge is -2.39. The van der Waals surface area contributed by atoms with Crippen molar-refractivity contribution in [2.75, 3.05) is 26.2 Å². The fourth-order valence-corrected chi connectivity index (χ4v) is 3.93. The number of ether oxygens (including phenoxy) is 1. The summed E-state index contributed by atoms with van der Waals surface area (Å²) in [5, 5.41) is 0. The zero-order valence-electron chi connectivity index (χ0n) is 13.1. The first-order valence-electron chi connectivity index (χ1n) is 8.18. The van der Waals surface area contributed by atoms with Gasteiger partial charge in [0.1, 0.15) is 0 Å². The summed E-state index contributed by atoms with van der Waals surface area (Å²) >= 11 is 0. The monoisotopic (exact) mass is 294 g/mol. The van der Waals surface area contributed by atoms with Crippen molar-refractivity contribution in [3.8, 4) is 0 Å². The minimum atomic E-state index is -0.276. The standard InChI is InChI=1S/C16H26N2O3/c1-16(2)11-17(7-8-21-16)15(20)12-9-14(19)18(10-12)13-5-3-4-6-13/h12-13H,3-11H2,1-2H3/t12-/m0/s1. The van der Waals surface area contributed by atoms with E-state index < -0.39 is 0 Å². The lowest BCUT2D eigenvalue weighted by Crippen LogP contribution is -2.52. The molecule has 0 aromatic rings. The van der Waals surface area contributed by atoms with Crippen LogP contribution in [0.25, 0.3) is 0 Å². The Bertz CT molecular complexity index is 429. The second kappa shape index (κ2) is 5.59. The maximum Gasteiger partial charge on any atom is 0.228 e. The minimum Gasteiger partial charge on any atom is -0.372 e. The third-order valence-electron chi connectivity index (χ3n) is 5.01. The molecule has 5 heteroatoms. The zero-order chi connectivity index (χ0) is 15.0. The Labute approximate surface area is 126 Å². The smallest absolute Gasteiger partial charge is 0.228 e. The summed E-state index contributed by atoms with van der Waals surface area (Å²) in [6.45, 7) is 6.51. The highest BCUT2D eigenvalue weighted by Gasteiger charge is 2.41. The second-order valence-electron chi connectivity index (χ2n) is 7.25. The zero-order valence-corrected chi connectivity index (χ0v) is 13.1. The van der Waals surface area contributed by atoms with E-state index in [9.17, 15) is 9.59 Å². The number of carbonyl (C=O) groups is 2. The van der Waals surface area contributed by atoms with Crippen molar-refractivity contribution >= 4 is 11.8 Å². The van der Waals surface area contributed by atoms with Gasteiger partial charge in [0.25, 0.3) is 0 Å². The molecular weight excluding hydrogens is 268 g/mol. The first kappa shape index (κ1) is 14.8. The van der Waals surface area contributed by atoms with Gasteiger partial charge in [0.05, 0.1) is 18.1 Å². The predicted molar refractivity (Wildman–Crippen MR) is 78.7 cm³/mol. The van der Waals surface area contributed by atoms with E-state index >= 15 is 0 Å². The molecular formula is C16H26N2O3. The maximum absolute atomic E-state index is 12.7. The molecule has 0 bridgehead atoms. The van der Waals surface area contributed by atoms with Crippen LogP contribution < -0.4 is 0 Å². The topological polar surface area (TPSA) is 49.9 Å². The van der Waals surface area contributed by atoms with Gasteiger partial charge >= 0.3 is 0 Å². The average Bonchev–Trinajstić information content (AvgIpc) is 3.05. The maximum atomic E-state index is 12.7. The number of nitrogens with zero attached hydrogens (tertiary/aromatic N) is 2. The summed E-state index contributed by atoms with van der Waals surface area (Å²) in [5.74, 6) is 0.167. The molecule has 0 unspecified atom stereocenters. The number of hydrogen-bond donors (Lipinski definition) is 0. The summed E-state index contributed by atoms with van der Waals surface area (Å²) in [6.07, 6.45) is 5.04. The summed E-state index contributed by atoms with van der Waals surface area (Å²) in [4.78, 5) is 28.8. The van der Waals surface area contributed by atoms with E-state index in [0.29, 0.717) is 38.7 Å². The molecule has 21 heavy (non-hydrogen) atoms. The highest BCUT2D eigenvalue weighted by Crippen LogP contribution is 2.30. The molecule has 2 amide bonds. The molecule has 3 fully saturated rings. The average molecular weight is 294 g/mol. The van der Waals surface area contributed by atoms with Crippen LogP contribution in [0.1, 0.15) is 46.0 Å². The van der Waals surface area contributed by atoms with Gasteiger partial charge in [0, 0.05) is 32.1 Å². The molecule has 2 saturated heterocycles. The van der Waals surface area contributed by atoms with Gasteiger partial charge in [-0.15, -0.1) is 0 Å². The predicted octanol–water partition coefficient (Wildman–Crippen LogP) is 1.41. The van der Waals surface area contributed by atoms with Crippen molar-refractivity contribution in [3.05, 3.63) is 0 Å². The van der Waals surface area contributed by atoms with Gasteiger partial charge in [-0.1, -0.05) is 12.8 Å². The Hall–Kier alpha value is -1.10. The van der Waals surface area contributed by atoms with Gasteiger partial charge in [-0.25, -0.2) is 0 Å². The van der Waals surface area contributed by atoms with E-state index in [1.54, 1.807) is 0 Å². The van der Waals surface area contributed by atoms with Crippen LogP contribution in [0.15, 0.2) is 0 Å². The van der Waals surface area contributed by atoms with Crippen LogP contribution in [0.4, 0.5) is 0 Å². The molecule has 0 radical (unpaired) electrons. The highest BCUT2D eigenvalue weighted by molar-refractivity contribution is 5.89. The first-order valence-corrected chi connectivity index (χ1v) is 8.18. The van der Waals surface area contributed by atoms with E-state index in [1.165, 1.54) is 12.8 Å². The van der Waals surface area contributed by atoms with Crippen molar-refractivity contribution in [3.63, 3.8) is 0 Å². The molecule has 1 aliphatic carbocycles. The van der Waals surface area contributed by atoms with E-state index in [2.05, 4.69) is 0 Å². The van der Waals surface area contributed by atoms with Gasteiger partial charge < -0.3 is 14.5 Å². The van der Waals surface area contributed by atoms with Crippen molar-refractivity contribution in [2.24, 2.45) is 5.92 Å². The van der Waals surface area contributed by atoms with Crippen LogP contribution in [-0.4, -0.2) is 59.5 Å². The Morgan fingerprint density at radius 3 is 2.67 bits per heavy atom. The quantitative estimate of drug-likeness (QED) is 0.774. The summed E-state index contributed by atoms with van der Waals surface area (Å²) < 4.78 is 5.66. The molecule has 0 aromatic heterocycles. The van der Waals surface area contributed by atoms with Crippen molar-refractivity contribution in [2.45, 2.75) is 57.6 Å². The van der Waals surface area contributed by atoms with Crippen LogP contribution in [0.2, 0.25) is 0 Å². The van der Waals surface area contributed by atoms with Crippen molar-refractivity contribution in [1.82, 2.24) is 9.80 Å². The summed E-state index contributed by atoms with van der Waals surface area (Å²) in [7, 11) is 0. The fraction of sp³-hybridized carbons (Fsp3) is 0.875. The van der Waals surface area contributed by atoms with Gasteiger partial charge in [-0.3, -0.25) is 9.59 Å². The lowest BCUT2D eigenvalue weighted by molar-refractivity contribution is -0.149. The van der Waals surface area contributed by atoms with Crippen LogP contribution >= 0.6 is 0 Å². The SMILES string of the molecule is CC1(C)CN(C(=O)[C@H]2CC(=O)N(C3CCCC3)C2)CCO1. The molecule has 0 spiro atoms. The molecule has 0 aromatic carbocycles. The van der Waals surface area contributed by atoms with Crippen molar-refractivity contribution < 1.29 is 14.3 Å². The van der Waals surface area contributed by atoms with E-state index in [1.807, 2.05) is 23.6 Å². The van der Waals surface area contributed by atoms with Crippen LogP contribution in [0.3, 0.4) is 0 Å². The summed E-state index contributed by atoms with van der Waals surface area (Å²) in [5.41, 5.74) is -0.276. The number of amides is 2. The number of rotatable bonds is 2. The second-order valence-corrected chi connectivity index (χ2v) is 7.25. The molecule has 118 valence electrons. The van der Waals surface area contributed by atoms with E-state index in [4.69, 9.17) is 4.74 Å². The van der Waals surface area contributed by atoms with E-state index in [0.717, 1.165) is 12.8 Å². The molecule has 1 saturated carbocycles. The third kappa shape index (κ3) is 3.07. The van der Waals surface area contributed by atoms with Crippen LogP contribution in [0.5, 0.6) is 0 Å². The number of likely N-dealkylation sites (tertiary alicyclic amines) is 1. The van der Waals surface area contributed by atoms with Crippen molar-refractivity contribution in [1.29, 1.82) is 0 Å². The molecule has 2 aliphatic heterocycles. The molecule has 5 nitrogen and oxygen atoms in total. The van der Waals surface area contributed by atoms with Gasteiger partial charge in [-0.05, 0) is 26.7 Å². The Morgan fingerprint density at radius 1 is 1.29 bits per heavy atom. The number of morpholine rings is 1. The first-order chi connectivity index (χ1) is 9.96. The molecule has 3 aliphatic rings. The number of hydrogen-bond acceptors (Lipinski definition) is 3. The highest BCUT2D eigenvalue weighted by atomic mass is 16.5. The largest absolute Gasteiger partial charge is 0.372 e. The summed E-state index contributed by atoms with van der Waals surface area (Å²) in [6, 6.07) is 0.386. The minimum absolute atomic E-state index is 0.139. The fourth-order valence-electron chi connectivity index (χ4n) is 3.93. The van der Waals surface area contributed by atoms with Crippen LogP contribution in [0, 0.1) is 5.92 Å². The van der Waals surface area contributed by atoms with E-state index in [-0.39, 0.29) is 23.3 Å². The Balaban J connectivity index is 1.62. The molecule has 3 rings (SSSR count). The Kier molecular flexibility index (Phi) is 3.95. The molecule has 1 atom stereocenters. The van der Waals surface area contributed by atoms with Crippen LogP contribution in [-0.2, 0) is 14.3 Å². The molecule has 0 N–H and O–H groups in total. The number of carbonyl (C=O) groups excluding carboxylic acids is 2.